The molecule has 1 N–H and O–H groups in total. The summed E-state index contributed by atoms with van der Waals surface area (Å²) in [4.78, 5) is 12.0. The van der Waals surface area contributed by atoms with Gasteiger partial charge in [-0.15, -0.1) is 0 Å². The number of benzene rings is 1. The number of carbonyl (C=O) groups is 1. The van der Waals surface area contributed by atoms with E-state index in [0.29, 0.717) is 28.3 Å². The molecule has 0 spiro atoms. The highest BCUT2D eigenvalue weighted by atomic mass is 19.4. The second-order valence-electron chi connectivity index (χ2n) is 5.09. The van der Waals surface area contributed by atoms with Crippen LogP contribution in [-0.4, -0.2) is 11.1 Å². The first-order valence-corrected chi connectivity index (χ1v) is 6.78. The second kappa shape index (κ2) is 6.28. The third-order valence-corrected chi connectivity index (χ3v) is 3.30. The number of amides is 1. The number of hydrogen-bond donors (Lipinski definition) is 1. The Balaban J connectivity index is 2.14. The van der Waals surface area contributed by atoms with Gasteiger partial charge >= 0.3 is 6.18 Å². The molecule has 2 aromatic rings. The number of nitrogens with zero attached hydrogens (tertiary/aromatic N) is 1. The van der Waals surface area contributed by atoms with Gasteiger partial charge in [-0.3, -0.25) is 4.79 Å². The van der Waals surface area contributed by atoms with Crippen LogP contribution in [0.15, 0.2) is 34.9 Å². The number of aromatic nitrogens is 1. The highest BCUT2D eigenvalue weighted by Crippen LogP contribution is 2.30. The van der Waals surface area contributed by atoms with Crippen LogP contribution in [0.2, 0.25) is 0 Å². The molecule has 0 fully saturated rings. The predicted molar refractivity (Wildman–Crippen MR) is 79.7 cm³/mol. The number of nitrogens with one attached hydrogen (secondary N) is 1. The first-order valence-electron chi connectivity index (χ1n) is 6.78. The number of halogens is 3. The average Bonchev–Trinajstić information content (AvgIpc) is 2.78. The van der Waals surface area contributed by atoms with Crippen LogP contribution in [0.25, 0.3) is 5.57 Å². The van der Waals surface area contributed by atoms with E-state index in [1.54, 1.807) is 20.8 Å². The van der Waals surface area contributed by atoms with Gasteiger partial charge in [0.25, 0.3) is 0 Å². The Morgan fingerprint density at radius 2 is 1.83 bits per heavy atom. The molecule has 0 atom stereocenters. The zero-order valence-electron chi connectivity index (χ0n) is 12.8. The molecule has 2 rings (SSSR count). The number of carbonyl (C=O) groups excluding carboxylic acids is 1. The van der Waals surface area contributed by atoms with Crippen LogP contribution in [0, 0.1) is 13.8 Å². The van der Waals surface area contributed by atoms with Gasteiger partial charge < -0.3 is 9.84 Å². The minimum Gasteiger partial charge on any atom is -0.359 e. The van der Waals surface area contributed by atoms with Crippen LogP contribution < -0.4 is 5.32 Å². The molecular formula is C16H15F3N2O2. The van der Waals surface area contributed by atoms with Crippen molar-refractivity contribution in [2.45, 2.75) is 26.9 Å². The number of aryl methyl sites for hydroxylation is 2. The maximum atomic E-state index is 12.5. The number of alkyl halides is 3. The van der Waals surface area contributed by atoms with Crippen LogP contribution >= 0.6 is 0 Å². The van der Waals surface area contributed by atoms with Crippen molar-refractivity contribution in [1.82, 2.24) is 5.16 Å². The zero-order valence-corrected chi connectivity index (χ0v) is 12.8. The zero-order chi connectivity index (χ0) is 17.2. The summed E-state index contributed by atoms with van der Waals surface area (Å²) in [6, 6.07) is 4.63. The van der Waals surface area contributed by atoms with Gasteiger partial charge in [0, 0.05) is 6.08 Å². The lowest BCUT2D eigenvalue weighted by Crippen LogP contribution is -2.10. The van der Waals surface area contributed by atoms with E-state index in [2.05, 4.69) is 10.5 Å². The SMILES string of the molecule is CC(=CC(=O)Nc1c(C)noc1C)c1ccc(C(F)(F)F)cc1. The van der Waals surface area contributed by atoms with Gasteiger partial charge in [-0.25, -0.2) is 0 Å². The molecule has 0 aliphatic heterocycles. The lowest BCUT2D eigenvalue weighted by molar-refractivity contribution is -0.137. The van der Waals surface area contributed by atoms with Crippen LogP contribution in [0.3, 0.4) is 0 Å². The van der Waals surface area contributed by atoms with Gasteiger partial charge in [-0.05, 0) is 44.0 Å². The summed E-state index contributed by atoms with van der Waals surface area (Å²) in [5.41, 5.74) is 1.40. The highest BCUT2D eigenvalue weighted by Gasteiger charge is 2.29. The lowest BCUT2D eigenvalue weighted by atomic mass is 10.0. The molecule has 0 saturated heterocycles. The third kappa shape index (κ3) is 4.00. The molecule has 1 aromatic carbocycles. The third-order valence-electron chi connectivity index (χ3n) is 3.30. The second-order valence-corrected chi connectivity index (χ2v) is 5.09. The fourth-order valence-electron chi connectivity index (χ4n) is 2.02. The molecule has 0 saturated carbocycles. The normalized spacial score (nSPS) is 12.3. The van der Waals surface area contributed by atoms with Gasteiger partial charge in [0.15, 0.2) is 5.76 Å². The van der Waals surface area contributed by atoms with Gasteiger partial charge in [-0.2, -0.15) is 13.2 Å². The summed E-state index contributed by atoms with van der Waals surface area (Å²) in [5, 5.41) is 6.37. The summed E-state index contributed by atoms with van der Waals surface area (Å²) in [5.74, 6) is 0.0771. The largest absolute Gasteiger partial charge is 0.416 e. The molecule has 1 heterocycles. The first-order chi connectivity index (χ1) is 10.7. The van der Waals surface area contributed by atoms with Crippen LogP contribution in [0.1, 0.15) is 29.5 Å². The van der Waals surface area contributed by atoms with E-state index in [0.717, 1.165) is 12.1 Å². The van der Waals surface area contributed by atoms with E-state index in [1.165, 1.54) is 18.2 Å². The molecule has 0 bridgehead atoms. The van der Waals surface area contributed by atoms with Crippen molar-refractivity contribution in [3.63, 3.8) is 0 Å². The number of hydrogen-bond acceptors (Lipinski definition) is 3. The van der Waals surface area contributed by atoms with Crippen molar-refractivity contribution in [2.24, 2.45) is 0 Å². The highest BCUT2D eigenvalue weighted by molar-refractivity contribution is 6.04. The van der Waals surface area contributed by atoms with E-state index in [-0.39, 0.29) is 0 Å². The quantitative estimate of drug-likeness (QED) is 0.854. The predicted octanol–water partition coefficient (Wildman–Crippen LogP) is 4.35. The summed E-state index contributed by atoms with van der Waals surface area (Å²) >= 11 is 0. The van der Waals surface area contributed by atoms with Crippen LogP contribution in [0.5, 0.6) is 0 Å². The average molecular weight is 324 g/mol. The Labute approximate surface area is 131 Å². The van der Waals surface area contributed by atoms with Crippen molar-refractivity contribution >= 4 is 17.2 Å². The molecule has 7 heteroatoms. The molecule has 0 radical (unpaired) electrons. The number of allylic oxidation sites excluding steroid dienone is 1. The maximum absolute atomic E-state index is 12.5. The lowest BCUT2D eigenvalue weighted by Gasteiger charge is -2.08. The minimum atomic E-state index is -4.38. The molecule has 0 aliphatic carbocycles. The topological polar surface area (TPSA) is 55.1 Å². The summed E-state index contributed by atoms with van der Waals surface area (Å²) in [6.45, 7) is 5.01. The Morgan fingerprint density at radius 1 is 1.22 bits per heavy atom. The minimum absolute atomic E-state index is 0.406. The van der Waals surface area contributed by atoms with Crippen molar-refractivity contribution in [3.8, 4) is 0 Å². The molecule has 23 heavy (non-hydrogen) atoms. The van der Waals surface area contributed by atoms with Gasteiger partial charge in [-0.1, -0.05) is 17.3 Å². The van der Waals surface area contributed by atoms with Crippen LogP contribution in [0.4, 0.5) is 18.9 Å². The molecule has 0 unspecified atom stereocenters. The van der Waals surface area contributed by atoms with E-state index < -0.39 is 17.6 Å². The first kappa shape index (κ1) is 16.8. The maximum Gasteiger partial charge on any atom is 0.416 e. The summed E-state index contributed by atoms with van der Waals surface area (Å²) in [7, 11) is 0. The van der Waals surface area contributed by atoms with E-state index in [9.17, 15) is 18.0 Å². The molecule has 0 aliphatic rings. The van der Waals surface area contributed by atoms with Gasteiger partial charge in [0.1, 0.15) is 11.4 Å². The van der Waals surface area contributed by atoms with Gasteiger partial charge in [0.2, 0.25) is 5.91 Å². The summed E-state index contributed by atoms with van der Waals surface area (Å²) < 4.78 is 42.5. The van der Waals surface area contributed by atoms with E-state index in [1.807, 2.05) is 0 Å². The van der Waals surface area contributed by atoms with Crippen molar-refractivity contribution in [3.05, 3.63) is 52.9 Å². The van der Waals surface area contributed by atoms with Crippen molar-refractivity contribution in [1.29, 1.82) is 0 Å². The molecule has 1 amide bonds. The standard InChI is InChI=1S/C16H15F3N2O2/c1-9(12-4-6-13(7-5-12)16(17,18)19)8-14(22)20-15-10(2)21-23-11(15)3/h4-8H,1-3H3,(H,20,22). The Bertz CT molecular complexity index is 724. The molecule has 122 valence electrons. The number of anilines is 1. The van der Waals surface area contributed by atoms with E-state index >= 15 is 0 Å². The van der Waals surface area contributed by atoms with Gasteiger partial charge in [0.05, 0.1) is 5.56 Å². The summed E-state index contributed by atoms with van der Waals surface area (Å²) in [6.07, 6.45) is -3.06. The Hall–Kier alpha value is -2.57. The number of rotatable bonds is 3. The molecule has 1 aromatic heterocycles. The van der Waals surface area contributed by atoms with Crippen molar-refractivity contribution in [2.75, 3.05) is 5.32 Å². The van der Waals surface area contributed by atoms with Crippen molar-refractivity contribution < 1.29 is 22.5 Å². The molecule has 4 nitrogen and oxygen atoms in total. The van der Waals surface area contributed by atoms with E-state index in [4.69, 9.17) is 4.52 Å². The Morgan fingerprint density at radius 3 is 2.30 bits per heavy atom. The fourth-order valence-corrected chi connectivity index (χ4v) is 2.02. The molecular weight excluding hydrogens is 309 g/mol. The Kier molecular flexibility index (Phi) is 4.58. The fraction of sp³-hybridized carbons (Fsp3) is 0.250. The monoisotopic (exact) mass is 324 g/mol. The van der Waals surface area contributed by atoms with Crippen LogP contribution in [-0.2, 0) is 11.0 Å². The smallest absolute Gasteiger partial charge is 0.359 e.